The van der Waals surface area contributed by atoms with Crippen molar-refractivity contribution in [3.63, 3.8) is 0 Å². The van der Waals surface area contributed by atoms with Crippen LogP contribution in [-0.4, -0.2) is 21.3 Å². The van der Waals surface area contributed by atoms with Crippen LogP contribution in [0.3, 0.4) is 0 Å². The maximum atomic E-state index is 4.52. The van der Waals surface area contributed by atoms with E-state index in [4.69, 9.17) is 0 Å². The molecule has 1 saturated carbocycles. The van der Waals surface area contributed by atoms with Crippen molar-refractivity contribution in [1.82, 2.24) is 14.8 Å². The predicted molar refractivity (Wildman–Crippen MR) is 82.9 cm³/mol. The number of rotatable bonds is 3. The van der Waals surface area contributed by atoms with E-state index in [-0.39, 0.29) is 0 Å². The summed E-state index contributed by atoms with van der Waals surface area (Å²) in [5.74, 6) is 0.822. The maximum absolute atomic E-state index is 4.52. The van der Waals surface area contributed by atoms with Gasteiger partial charge in [0.2, 0.25) is 0 Å². The number of nitrogens with zero attached hydrogens (tertiary/aromatic N) is 3. The Labute approximate surface area is 120 Å². The van der Waals surface area contributed by atoms with E-state index >= 15 is 0 Å². The molecule has 2 aromatic rings. The molecule has 0 aromatic carbocycles. The predicted octanol–water partition coefficient (Wildman–Crippen LogP) is 3.66. The third-order valence-corrected chi connectivity index (χ3v) is 4.43. The van der Waals surface area contributed by atoms with Gasteiger partial charge in [0, 0.05) is 19.0 Å². The quantitative estimate of drug-likeness (QED) is 0.867. The largest absolute Gasteiger partial charge is 0.384 e. The first-order valence-corrected chi connectivity index (χ1v) is 7.77. The fraction of sp³-hybridized carbons (Fsp3) is 0.625. The van der Waals surface area contributed by atoms with Crippen molar-refractivity contribution in [2.75, 3.05) is 11.9 Å². The third kappa shape index (κ3) is 2.79. The van der Waals surface area contributed by atoms with Crippen molar-refractivity contribution in [2.24, 2.45) is 13.0 Å². The molecule has 0 radical (unpaired) electrons. The number of pyridine rings is 1. The van der Waals surface area contributed by atoms with Crippen LogP contribution in [-0.2, 0) is 7.05 Å². The van der Waals surface area contributed by atoms with Gasteiger partial charge in [0.05, 0.1) is 17.6 Å². The number of aryl methyl sites for hydroxylation is 2. The number of aromatic nitrogens is 3. The van der Waals surface area contributed by atoms with E-state index in [1.165, 1.54) is 38.5 Å². The normalized spacial score (nSPS) is 17.3. The van der Waals surface area contributed by atoms with Crippen molar-refractivity contribution in [3.8, 4) is 0 Å². The molecule has 2 aromatic heterocycles. The molecule has 1 aliphatic carbocycles. The molecule has 0 bridgehead atoms. The topological polar surface area (TPSA) is 42.7 Å². The molecule has 0 aliphatic heterocycles. The van der Waals surface area contributed by atoms with E-state index < -0.39 is 0 Å². The van der Waals surface area contributed by atoms with E-state index in [0.717, 1.165) is 34.9 Å². The van der Waals surface area contributed by atoms with Gasteiger partial charge in [-0.25, -0.2) is 4.98 Å². The molecule has 1 N–H and O–H groups in total. The summed E-state index contributed by atoms with van der Waals surface area (Å²) in [6.45, 7) is 3.12. The van der Waals surface area contributed by atoms with Crippen molar-refractivity contribution >= 4 is 16.7 Å². The van der Waals surface area contributed by atoms with E-state index in [1.54, 1.807) is 0 Å². The number of hydrogen-bond acceptors (Lipinski definition) is 3. The van der Waals surface area contributed by atoms with Gasteiger partial charge in [0.1, 0.15) is 0 Å². The lowest BCUT2D eigenvalue weighted by atomic mass is 10.0. The third-order valence-electron chi connectivity index (χ3n) is 4.43. The average molecular weight is 272 g/mol. The minimum Gasteiger partial charge on any atom is -0.384 e. The van der Waals surface area contributed by atoms with Crippen LogP contribution in [0.2, 0.25) is 0 Å². The Morgan fingerprint density at radius 1 is 1.25 bits per heavy atom. The molecule has 2 heterocycles. The van der Waals surface area contributed by atoms with Gasteiger partial charge in [-0.15, -0.1) is 0 Å². The average Bonchev–Trinajstić information content (AvgIpc) is 2.65. The molecule has 0 amide bonds. The summed E-state index contributed by atoms with van der Waals surface area (Å²) in [5, 5.41) is 9.14. The fourth-order valence-electron chi connectivity index (χ4n) is 3.23. The second-order valence-electron chi connectivity index (χ2n) is 6.04. The molecule has 4 heteroatoms. The Balaban J connectivity index is 1.69. The Kier molecular flexibility index (Phi) is 3.90. The van der Waals surface area contributed by atoms with Crippen LogP contribution in [0.1, 0.15) is 44.2 Å². The van der Waals surface area contributed by atoms with Crippen LogP contribution in [0.15, 0.2) is 12.3 Å². The summed E-state index contributed by atoms with van der Waals surface area (Å²) in [6, 6.07) is 2.18. The molecule has 1 aliphatic rings. The van der Waals surface area contributed by atoms with Crippen LogP contribution in [0.5, 0.6) is 0 Å². The van der Waals surface area contributed by atoms with E-state index in [2.05, 4.69) is 21.5 Å². The SMILES string of the molecule is Cc1nn(C)c2ncc(NCC3CCCCCC3)cc12. The summed E-state index contributed by atoms with van der Waals surface area (Å²) < 4.78 is 1.85. The zero-order valence-corrected chi connectivity index (χ0v) is 12.5. The molecule has 0 spiro atoms. The first kappa shape index (κ1) is 13.4. The zero-order valence-electron chi connectivity index (χ0n) is 12.5. The summed E-state index contributed by atoms with van der Waals surface area (Å²) in [6.07, 6.45) is 10.3. The number of fused-ring (bicyclic) bond motifs is 1. The lowest BCUT2D eigenvalue weighted by Crippen LogP contribution is -2.13. The Morgan fingerprint density at radius 2 is 2.00 bits per heavy atom. The monoisotopic (exact) mass is 272 g/mol. The smallest absolute Gasteiger partial charge is 0.157 e. The lowest BCUT2D eigenvalue weighted by Gasteiger charge is -2.15. The molecular formula is C16H24N4. The fourth-order valence-corrected chi connectivity index (χ4v) is 3.23. The summed E-state index contributed by atoms with van der Waals surface area (Å²) in [5.41, 5.74) is 3.13. The first-order chi connectivity index (χ1) is 9.74. The minimum absolute atomic E-state index is 0.822. The van der Waals surface area contributed by atoms with Crippen LogP contribution >= 0.6 is 0 Å². The van der Waals surface area contributed by atoms with Gasteiger partial charge in [-0.05, 0) is 31.7 Å². The Bertz CT molecular complexity index is 579. The molecule has 20 heavy (non-hydrogen) atoms. The van der Waals surface area contributed by atoms with Gasteiger partial charge < -0.3 is 5.32 Å². The van der Waals surface area contributed by atoms with Crippen LogP contribution < -0.4 is 5.32 Å². The van der Waals surface area contributed by atoms with Crippen molar-refractivity contribution < 1.29 is 0 Å². The van der Waals surface area contributed by atoms with Gasteiger partial charge in [0.25, 0.3) is 0 Å². The second-order valence-corrected chi connectivity index (χ2v) is 6.04. The maximum Gasteiger partial charge on any atom is 0.157 e. The van der Waals surface area contributed by atoms with Crippen molar-refractivity contribution in [3.05, 3.63) is 18.0 Å². The second kappa shape index (κ2) is 5.81. The molecule has 4 nitrogen and oxygen atoms in total. The van der Waals surface area contributed by atoms with Gasteiger partial charge in [0.15, 0.2) is 5.65 Å². The summed E-state index contributed by atoms with van der Waals surface area (Å²) >= 11 is 0. The number of anilines is 1. The molecular weight excluding hydrogens is 248 g/mol. The van der Waals surface area contributed by atoms with E-state index in [0.29, 0.717) is 0 Å². The highest BCUT2D eigenvalue weighted by Gasteiger charge is 2.12. The number of hydrogen-bond donors (Lipinski definition) is 1. The highest BCUT2D eigenvalue weighted by molar-refractivity contribution is 5.81. The van der Waals surface area contributed by atoms with E-state index in [9.17, 15) is 0 Å². The van der Waals surface area contributed by atoms with Gasteiger partial charge in [-0.2, -0.15) is 5.10 Å². The van der Waals surface area contributed by atoms with Crippen molar-refractivity contribution in [2.45, 2.75) is 45.4 Å². The van der Waals surface area contributed by atoms with Crippen molar-refractivity contribution in [1.29, 1.82) is 0 Å². The van der Waals surface area contributed by atoms with Gasteiger partial charge in [-0.1, -0.05) is 25.7 Å². The minimum atomic E-state index is 0.822. The van der Waals surface area contributed by atoms with Crippen LogP contribution in [0.25, 0.3) is 11.0 Å². The Hall–Kier alpha value is -1.58. The summed E-state index contributed by atoms with van der Waals surface area (Å²) in [7, 11) is 1.95. The number of nitrogens with one attached hydrogen (secondary N) is 1. The van der Waals surface area contributed by atoms with Crippen LogP contribution in [0.4, 0.5) is 5.69 Å². The molecule has 0 unspecified atom stereocenters. The standard InChI is InChI=1S/C16H24N4/c1-12-15-9-14(11-18-16(15)20(2)19-12)17-10-13-7-5-3-4-6-8-13/h9,11,13,17H,3-8,10H2,1-2H3. The molecule has 3 rings (SSSR count). The van der Waals surface area contributed by atoms with Gasteiger partial charge >= 0.3 is 0 Å². The van der Waals surface area contributed by atoms with Crippen LogP contribution in [0, 0.1) is 12.8 Å². The molecule has 1 fully saturated rings. The summed E-state index contributed by atoms with van der Waals surface area (Å²) in [4.78, 5) is 4.52. The highest BCUT2D eigenvalue weighted by atomic mass is 15.3. The molecule has 108 valence electrons. The van der Waals surface area contributed by atoms with E-state index in [1.807, 2.05) is 24.9 Å². The molecule has 0 atom stereocenters. The first-order valence-electron chi connectivity index (χ1n) is 7.77. The van der Waals surface area contributed by atoms with Gasteiger partial charge in [-0.3, -0.25) is 4.68 Å². The highest BCUT2D eigenvalue weighted by Crippen LogP contribution is 2.24. The zero-order chi connectivity index (χ0) is 13.9. The Morgan fingerprint density at radius 3 is 2.75 bits per heavy atom. The lowest BCUT2D eigenvalue weighted by molar-refractivity contribution is 0.483. The molecule has 0 saturated heterocycles.